The summed E-state index contributed by atoms with van der Waals surface area (Å²) < 4.78 is 39.1. The molecule has 0 aliphatic carbocycles. The predicted molar refractivity (Wildman–Crippen MR) is 83.2 cm³/mol. The number of cyclic esters (lactones) is 2. The van der Waals surface area contributed by atoms with Crippen molar-refractivity contribution in [3.8, 4) is 11.3 Å². The highest BCUT2D eigenvalue weighted by Gasteiger charge is 2.34. The van der Waals surface area contributed by atoms with E-state index in [9.17, 15) is 14.0 Å². The maximum atomic E-state index is 15.0. The van der Waals surface area contributed by atoms with Crippen LogP contribution < -0.4 is 4.90 Å². The predicted octanol–water partition coefficient (Wildman–Crippen LogP) is 2.63. The highest BCUT2D eigenvalue weighted by molar-refractivity contribution is 5.92. The van der Waals surface area contributed by atoms with Gasteiger partial charge in [0, 0.05) is 12.7 Å². The van der Waals surface area contributed by atoms with E-state index in [4.69, 9.17) is 9.47 Å². The zero-order chi connectivity index (χ0) is 18.0. The summed E-state index contributed by atoms with van der Waals surface area (Å²) in [5.74, 6) is -3.22. The van der Waals surface area contributed by atoms with E-state index in [0.29, 0.717) is 0 Å². The smallest absolute Gasteiger partial charge is 0.332 e. The molecular weight excluding hydrogens is 334 g/mol. The van der Waals surface area contributed by atoms with Gasteiger partial charge in [-0.1, -0.05) is 6.07 Å². The molecule has 1 aromatic heterocycles. The molecule has 0 atom stereocenters. The van der Waals surface area contributed by atoms with Crippen molar-refractivity contribution < 1.29 is 27.8 Å². The highest BCUT2D eigenvalue weighted by Crippen LogP contribution is 2.33. The second-order valence-electron chi connectivity index (χ2n) is 5.22. The van der Waals surface area contributed by atoms with E-state index in [-0.39, 0.29) is 23.5 Å². The SMILES string of the molecule is CCN(c1ccc(F)c(-c2ccccn2)c1F)C1OC(=O)CC(=O)O1. The Hall–Kier alpha value is -3.03. The van der Waals surface area contributed by atoms with Gasteiger partial charge in [0.1, 0.15) is 12.2 Å². The molecule has 1 aromatic carbocycles. The van der Waals surface area contributed by atoms with Crippen LogP contribution in [0.3, 0.4) is 0 Å². The maximum Gasteiger partial charge on any atom is 0.332 e. The van der Waals surface area contributed by atoms with Crippen molar-refractivity contribution in [1.82, 2.24) is 4.98 Å². The van der Waals surface area contributed by atoms with Crippen molar-refractivity contribution in [3.63, 3.8) is 0 Å². The molecule has 25 heavy (non-hydrogen) atoms. The number of carbonyl (C=O) groups is 2. The fraction of sp³-hybridized carbons (Fsp3) is 0.235. The van der Waals surface area contributed by atoms with Crippen LogP contribution in [0.1, 0.15) is 13.3 Å². The zero-order valence-electron chi connectivity index (χ0n) is 13.2. The first-order chi connectivity index (χ1) is 12.0. The molecule has 2 aromatic rings. The lowest BCUT2D eigenvalue weighted by atomic mass is 10.1. The number of nitrogens with zero attached hydrogens (tertiary/aromatic N) is 2. The molecule has 8 heteroatoms. The first-order valence-corrected chi connectivity index (χ1v) is 7.56. The normalized spacial score (nSPS) is 14.8. The molecule has 0 radical (unpaired) electrons. The minimum atomic E-state index is -1.41. The molecule has 1 aliphatic rings. The van der Waals surface area contributed by atoms with Crippen LogP contribution in [0.5, 0.6) is 0 Å². The summed E-state index contributed by atoms with van der Waals surface area (Å²) in [4.78, 5) is 28.1. The Kier molecular flexibility index (Phi) is 4.60. The fourth-order valence-electron chi connectivity index (χ4n) is 2.52. The largest absolute Gasteiger partial charge is 0.405 e. The van der Waals surface area contributed by atoms with E-state index < -0.39 is 36.4 Å². The lowest BCUT2D eigenvalue weighted by molar-refractivity contribution is -0.202. The van der Waals surface area contributed by atoms with E-state index >= 15 is 4.39 Å². The third-order valence-corrected chi connectivity index (χ3v) is 3.65. The summed E-state index contributed by atoms with van der Waals surface area (Å²) in [7, 11) is 0. The fourth-order valence-corrected chi connectivity index (χ4v) is 2.52. The van der Waals surface area contributed by atoms with Crippen LogP contribution in [0.15, 0.2) is 36.5 Å². The Morgan fingerprint density at radius 1 is 1.16 bits per heavy atom. The van der Waals surface area contributed by atoms with E-state index in [1.165, 1.54) is 23.2 Å². The molecular formula is C17H14F2N2O4. The lowest BCUT2D eigenvalue weighted by Gasteiger charge is -2.33. The molecule has 2 heterocycles. The molecule has 0 bridgehead atoms. The first kappa shape index (κ1) is 16.8. The minimum Gasteiger partial charge on any atom is -0.405 e. The van der Waals surface area contributed by atoms with Gasteiger partial charge in [0.05, 0.1) is 16.9 Å². The molecule has 130 valence electrons. The van der Waals surface area contributed by atoms with Gasteiger partial charge in [-0.05, 0) is 31.2 Å². The Morgan fingerprint density at radius 3 is 2.48 bits per heavy atom. The van der Waals surface area contributed by atoms with Crippen LogP contribution in [0.25, 0.3) is 11.3 Å². The van der Waals surface area contributed by atoms with Gasteiger partial charge in [-0.15, -0.1) is 0 Å². The van der Waals surface area contributed by atoms with E-state index in [1.807, 2.05) is 0 Å². The molecule has 3 rings (SSSR count). The van der Waals surface area contributed by atoms with Crippen molar-refractivity contribution >= 4 is 17.6 Å². The van der Waals surface area contributed by atoms with Gasteiger partial charge in [0.2, 0.25) is 0 Å². The van der Waals surface area contributed by atoms with E-state index in [2.05, 4.69) is 4.98 Å². The van der Waals surface area contributed by atoms with Crippen LogP contribution in [-0.2, 0) is 19.1 Å². The number of hydrogen-bond donors (Lipinski definition) is 0. The number of rotatable bonds is 4. The Bertz CT molecular complexity index is 798. The van der Waals surface area contributed by atoms with Crippen molar-refractivity contribution in [1.29, 1.82) is 0 Å². The number of halogens is 2. The molecule has 0 unspecified atom stereocenters. The third-order valence-electron chi connectivity index (χ3n) is 3.65. The summed E-state index contributed by atoms with van der Waals surface area (Å²) in [5.41, 5.74) is -0.268. The number of benzene rings is 1. The van der Waals surface area contributed by atoms with Crippen LogP contribution in [0.4, 0.5) is 14.5 Å². The van der Waals surface area contributed by atoms with Crippen molar-refractivity contribution in [2.24, 2.45) is 0 Å². The number of esters is 2. The minimum absolute atomic E-state index is 0.0722. The Morgan fingerprint density at radius 2 is 1.88 bits per heavy atom. The summed E-state index contributed by atoms with van der Waals surface area (Å²) >= 11 is 0. The van der Waals surface area contributed by atoms with Crippen LogP contribution in [-0.4, -0.2) is 29.9 Å². The molecule has 0 N–H and O–H groups in total. The number of hydrogen-bond acceptors (Lipinski definition) is 6. The molecule has 1 aliphatic heterocycles. The van der Waals surface area contributed by atoms with Crippen LogP contribution in [0.2, 0.25) is 0 Å². The average molecular weight is 348 g/mol. The monoisotopic (exact) mass is 348 g/mol. The van der Waals surface area contributed by atoms with Gasteiger partial charge >= 0.3 is 18.4 Å². The number of ether oxygens (including phenoxy) is 2. The maximum absolute atomic E-state index is 15.0. The second-order valence-corrected chi connectivity index (χ2v) is 5.22. The summed E-state index contributed by atoms with van der Waals surface area (Å²) in [5, 5.41) is 0. The molecule has 0 saturated carbocycles. The average Bonchev–Trinajstić information content (AvgIpc) is 2.58. The molecule has 0 amide bonds. The van der Waals surface area contributed by atoms with E-state index in [0.717, 1.165) is 6.07 Å². The van der Waals surface area contributed by atoms with Crippen LogP contribution in [0, 0.1) is 11.6 Å². The number of carbonyl (C=O) groups excluding carboxylic acids is 2. The van der Waals surface area contributed by atoms with Crippen molar-refractivity contribution in [2.75, 3.05) is 11.4 Å². The molecule has 0 spiro atoms. The standard InChI is InChI=1S/C17H14F2N2O4/c1-2-21(17-24-13(22)9-14(23)25-17)12-7-6-10(18)15(16(12)19)11-5-3-4-8-20-11/h3-8,17H,2,9H2,1H3. The topological polar surface area (TPSA) is 68.7 Å². The van der Waals surface area contributed by atoms with Gasteiger partial charge in [0.25, 0.3) is 0 Å². The van der Waals surface area contributed by atoms with Crippen molar-refractivity contribution in [2.45, 2.75) is 19.8 Å². The summed E-state index contributed by atoms with van der Waals surface area (Å²) in [6, 6.07) is 6.98. The number of anilines is 1. The lowest BCUT2D eigenvalue weighted by Crippen LogP contribution is -2.46. The number of aromatic nitrogens is 1. The van der Waals surface area contributed by atoms with Gasteiger partial charge in [-0.2, -0.15) is 0 Å². The molecule has 6 nitrogen and oxygen atoms in total. The van der Waals surface area contributed by atoms with E-state index in [1.54, 1.807) is 19.1 Å². The van der Waals surface area contributed by atoms with Crippen LogP contribution >= 0.6 is 0 Å². The summed E-state index contributed by atoms with van der Waals surface area (Å²) in [6.45, 7) is 1.80. The quantitative estimate of drug-likeness (QED) is 0.625. The van der Waals surface area contributed by atoms with Gasteiger partial charge in [0.15, 0.2) is 5.82 Å². The number of pyridine rings is 1. The van der Waals surface area contributed by atoms with Gasteiger partial charge in [-0.25, -0.2) is 8.78 Å². The highest BCUT2D eigenvalue weighted by atomic mass is 19.1. The van der Waals surface area contributed by atoms with Gasteiger partial charge < -0.3 is 14.4 Å². The first-order valence-electron chi connectivity index (χ1n) is 7.56. The second kappa shape index (κ2) is 6.84. The van der Waals surface area contributed by atoms with Gasteiger partial charge in [-0.3, -0.25) is 14.6 Å². The summed E-state index contributed by atoms with van der Waals surface area (Å²) in [6.07, 6.45) is -0.488. The Labute approximate surface area is 142 Å². The molecule has 1 fully saturated rings. The third kappa shape index (κ3) is 3.28. The van der Waals surface area contributed by atoms with Crippen molar-refractivity contribution in [3.05, 3.63) is 48.2 Å². The zero-order valence-corrected chi connectivity index (χ0v) is 13.2. The Balaban J connectivity index is 2.04. The molecule has 1 saturated heterocycles.